The molecule has 0 spiro atoms. The molecule has 35 heavy (non-hydrogen) atoms. The lowest BCUT2D eigenvalue weighted by Gasteiger charge is -2.36. The fourth-order valence-corrected chi connectivity index (χ4v) is 3.93. The highest BCUT2D eigenvalue weighted by molar-refractivity contribution is 5.92. The van der Waals surface area contributed by atoms with Gasteiger partial charge in [0.15, 0.2) is 0 Å². The Morgan fingerprint density at radius 2 is 1.54 bits per heavy atom. The molecule has 0 radical (unpaired) electrons. The van der Waals surface area contributed by atoms with Gasteiger partial charge >= 0.3 is 6.09 Å². The number of nitrogens with zero attached hydrogens (tertiary/aromatic N) is 3. The number of hydrogen-bond acceptors (Lipinski definition) is 6. The lowest BCUT2D eigenvalue weighted by atomic mass is 10.0. The SMILES string of the molecule is Cc1cc(C(=O)N2CCN(C(=O)[C@H](Cc3ccccc3)NC(=O)OCc3ccccc3)CC2)on1. The zero-order valence-corrected chi connectivity index (χ0v) is 19.6. The van der Waals surface area contributed by atoms with Crippen molar-refractivity contribution in [3.63, 3.8) is 0 Å². The Bertz CT molecular complexity index is 1140. The average molecular weight is 477 g/mol. The number of hydrogen-bond donors (Lipinski definition) is 1. The molecule has 3 aromatic rings. The Labute approximate surface area is 203 Å². The van der Waals surface area contributed by atoms with Gasteiger partial charge in [0.2, 0.25) is 11.7 Å². The number of ether oxygens (including phenoxy) is 1. The standard InChI is InChI=1S/C26H28N4O5/c1-19-16-23(35-28-19)25(32)30-14-12-29(13-15-30)24(31)22(17-20-8-4-2-5-9-20)27-26(33)34-18-21-10-6-3-7-11-21/h2-11,16,22H,12-15,17-18H2,1H3,(H,27,33)/t22-/m0/s1. The first-order valence-corrected chi connectivity index (χ1v) is 11.5. The third-order valence-corrected chi connectivity index (χ3v) is 5.80. The summed E-state index contributed by atoms with van der Waals surface area (Å²) in [6, 6.07) is 19.6. The highest BCUT2D eigenvalue weighted by Crippen LogP contribution is 2.13. The third-order valence-electron chi connectivity index (χ3n) is 5.80. The Morgan fingerprint density at radius 1 is 0.943 bits per heavy atom. The molecule has 1 aliphatic heterocycles. The highest BCUT2D eigenvalue weighted by Gasteiger charge is 2.31. The number of aromatic nitrogens is 1. The molecule has 2 heterocycles. The topological polar surface area (TPSA) is 105 Å². The molecule has 3 amide bonds. The minimum atomic E-state index is -0.792. The van der Waals surface area contributed by atoms with E-state index in [0.717, 1.165) is 11.1 Å². The Morgan fingerprint density at radius 3 is 2.14 bits per heavy atom. The second kappa shape index (κ2) is 11.3. The van der Waals surface area contributed by atoms with Gasteiger partial charge in [-0.05, 0) is 18.1 Å². The molecule has 2 aromatic carbocycles. The van der Waals surface area contributed by atoms with Crippen LogP contribution in [0.1, 0.15) is 27.4 Å². The number of aryl methyl sites for hydroxylation is 1. The maximum absolute atomic E-state index is 13.4. The minimum absolute atomic E-state index is 0.112. The van der Waals surface area contributed by atoms with Gasteiger partial charge in [0.05, 0.1) is 5.69 Å². The van der Waals surface area contributed by atoms with Crippen LogP contribution in [0.5, 0.6) is 0 Å². The smallest absolute Gasteiger partial charge is 0.408 e. The molecule has 0 saturated carbocycles. The van der Waals surface area contributed by atoms with Crippen LogP contribution in [0.15, 0.2) is 71.3 Å². The normalized spacial score (nSPS) is 14.3. The van der Waals surface area contributed by atoms with Crippen molar-refractivity contribution < 1.29 is 23.6 Å². The summed E-state index contributed by atoms with van der Waals surface area (Å²) in [5.41, 5.74) is 2.41. The second-order valence-electron chi connectivity index (χ2n) is 8.40. The molecule has 1 N–H and O–H groups in total. The van der Waals surface area contributed by atoms with Gasteiger partial charge in [-0.15, -0.1) is 0 Å². The molecule has 182 valence electrons. The summed E-state index contributed by atoms with van der Waals surface area (Å²) in [5, 5.41) is 6.50. The largest absolute Gasteiger partial charge is 0.445 e. The third kappa shape index (κ3) is 6.47. The van der Waals surface area contributed by atoms with E-state index in [1.807, 2.05) is 60.7 Å². The van der Waals surface area contributed by atoms with E-state index in [2.05, 4.69) is 10.5 Å². The van der Waals surface area contributed by atoms with Gasteiger partial charge in [-0.1, -0.05) is 65.8 Å². The summed E-state index contributed by atoms with van der Waals surface area (Å²) in [6.07, 6.45) is -0.325. The molecule has 1 atom stereocenters. The predicted molar refractivity (Wildman–Crippen MR) is 127 cm³/mol. The van der Waals surface area contributed by atoms with Gasteiger partial charge in [-0.3, -0.25) is 9.59 Å². The van der Waals surface area contributed by atoms with E-state index in [4.69, 9.17) is 9.26 Å². The molecular formula is C26H28N4O5. The number of piperazine rings is 1. The molecule has 1 fully saturated rings. The second-order valence-corrected chi connectivity index (χ2v) is 8.40. The van der Waals surface area contributed by atoms with Crippen LogP contribution in [0.2, 0.25) is 0 Å². The van der Waals surface area contributed by atoms with E-state index in [0.29, 0.717) is 38.3 Å². The van der Waals surface area contributed by atoms with Crippen LogP contribution >= 0.6 is 0 Å². The van der Waals surface area contributed by atoms with Gasteiger partial charge in [-0.25, -0.2) is 4.79 Å². The Kier molecular flexibility index (Phi) is 7.77. The minimum Gasteiger partial charge on any atom is -0.445 e. The number of amides is 3. The van der Waals surface area contributed by atoms with Crippen molar-refractivity contribution in [2.45, 2.75) is 26.0 Å². The van der Waals surface area contributed by atoms with E-state index in [1.165, 1.54) is 0 Å². The van der Waals surface area contributed by atoms with Crippen LogP contribution in [-0.4, -0.2) is 65.1 Å². The number of nitrogens with one attached hydrogen (secondary N) is 1. The van der Waals surface area contributed by atoms with Crippen molar-refractivity contribution in [1.82, 2.24) is 20.3 Å². The summed E-state index contributed by atoms with van der Waals surface area (Å²) < 4.78 is 10.4. The van der Waals surface area contributed by atoms with E-state index in [-0.39, 0.29) is 24.2 Å². The van der Waals surface area contributed by atoms with Crippen molar-refractivity contribution in [3.8, 4) is 0 Å². The van der Waals surface area contributed by atoms with Crippen LogP contribution in [-0.2, 0) is 22.6 Å². The van der Waals surface area contributed by atoms with Gasteiger partial charge in [0.1, 0.15) is 12.6 Å². The monoisotopic (exact) mass is 476 g/mol. The van der Waals surface area contributed by atoms with Gasteiger partial charge in [0, 0.05) is 38.7 Å². The first kappa shape index (κ1) is 24.0. The highest BCUT2D eigenvalue weighted by atomic mass is 16.5. The fraction of sp³-hybridized carbons (Fsp3) is 0.308. The molecule has 9 heteroatoms. The van der Waals surface area contributed by atoms with Crippen LogP contribution in [0.3, 0.4) is 0 Å². The Balaban J connectivity index is 1.37. The van der Waals surface area contributed by atoms with E-state index in [1.54, 1.807) is 22.8 Å². The Hall–Kier alpha value is -4.14. The van der Waals surface area contributed by atoms with Crippen molar-refractivity contribution in [3.05, 3.63) is 89.3 Å². The number of carbonyl (C=O) groups excluding carboxylic acids is 3. The molecule has 1 aromatic heterocycles. The fourth-order valence-electron chi connectivity index (χ4n) is 3.93. The number of benzene rings is 2. The van der Waals surface area contributed by atoms with Crippen LogP contribution in [0, 0.1) is 6.92 Å². The van der Waals surface area contributed by atoms with E-state index < -0.39 is 12.1 Å². The van der Waals surface area contributed by atoms with Crippen molar-refractivity contribution >= 4 is 17.9 Å². The van der Waals surface area contributed by atoms with Crippen molar-refractivity contribution in [1.29, 1.82) is 0 Å². The average Bonchev–Trinajstić information content (AvgIpc) is 3.34. The first-order chi connectivity index (χ1) is 17.0. The van der Waals surface area contributed by atoms with E-state index in [9.17, 15) is 14.4 Å². The molecule has 0 bridgehead atoms. The molecule has 9 nitrogen and oxygen atoms in total. The summed E-state index contributed by atoms with van der Waals surface area (Å²) >= 11 is 0. The lowest BCUT2D eigenvalue weighted by Crippen LogP contribution is -2.56. The van der Waals surface area contributed by atoms with Gasteiger partial charge in [-0.2, -0.15) is 0 Å². The van der Waals surface area contributed by atoms with Crippen molar-refractivity contribution in [2.24, 2.45) is 0 Å². The number of carbonyl (C=O) groups is 3. The maximum Gasteiger partial charge on any atom is 0.408 e. The van der Waals surface area contributed by atoms with Gasteiger partial charge < -0.3 is 24.4 Å². The molecule has 1 saturated heterocycles. The summed E-state index contributed by atoms with van der Waals surface area (Å²) in [7, 11) is 0. The maximum atomic E-state index is 13.4. The summed E-state index contributed by atoms with van der Waals surface area (Å²) in [5.74, 6) is -0.277. The van der Waals surface area contributed by atoms with Crippen LogP contribution in [0.4, 0.5) is 4.79 Å². The predicted octanol–water partition coefficient (Wildman–Crippen LogP) is 2.81. The lowest BCUT2D eigenvalue weighted by molar-refractivity contribution is -0.134. The first-order valence-electron chi connectivity index (χ1n) is 11.5. The number of rotatable bonds is 7. The molecule has 0 aliphatic carbocycles. The number of alkyl carbamates (subject to hydrolysis) is 1. The van der Waals surface area contributed by atoms with E-state index >= 15 is 0 Å². The summed E-state index contributed by atoms with van der Waals surface area (Å²) in [4.78, 5) is 41.8. The van der Waals surface area contributed by atoms with Crippen LogP contribution in [0.25, 0.3) is 0 Å². The molecule has 0 unspecified atom stereocenters. The quantitative estimate of drug-likeness (QED) is 0.562. The molecule has 4 rings (SSSR count). The molecular weight excluding hydrogens is 448 g/mol. The zero-order chi connectivity index (χ0) is 24.6. The molecule has 1 aliphatic rings. The van der Waals surface area contributed by atoms with Gasteiger partial charge in [0.25, 0.3) is 5.91 Å². The van der Waals surface area contributed by atoms with Crippen LogP contribution < -0.4 is 5.32 Å². The summed E-state index contributed by atoms with van der Waals surface area (Å²) in [6.45, 7) is 3.29. The van der Waals surface area contributed by atoms with Crippen molar-refractivity contribution in [2.75, 3.05) is 26.2 Å². The zero-order valence-electron chi connectivity index (χ0n) is 19.6.